The fourth-order valence-corrected chi connectivity index (χ4v) is 4.57. The summed E-state index contributed by atoms with van der Waals surface area (Å²) in [4.78, 5) is 25.4. The molecule has 0 radical (unpaired) electrons. The molecular formula is C29H29ClFN5O2. The van der Waals surface area contributed by atoms with Gasteiger partial charge in [0.1, 0.15) is 11.4 Å². The molecule has 1 amide bonds. The number of benzene rings is 3. The number of rotatable bonds is 4. The van der Waals surface area contributed by atoms with E-state index in [4.69, 9.17) is 16.3 Å². The summed E-state index contributed by atoms with van der Waals surface area (Å²) in [7, 11) is 0. The number of nitrogens with one attached hydrogen (secondary N) is 1. The van der Waals surface area contributed by atoms with Crippen molar-refractivity contribution in [2.24, 2.45) is 0 Å². The second-order valence-corrected chi connectivity index (χ2v) is 10.6. The van der Waals surface area contributed by atoms with E-state index in [9.17, 15) is 9.18 Å². The number of piperazine rings is 1. The number of ether oxygens (including phenoxy) is 1. The first-order valence-corrected chi connectivity index (χ1v) is 12.9. The molecular weight excluding hydrogens is 505 g/mol. The van der Waals surface area contributed by atoms with E-state index in [1.54, 1.807) is 17.2 Å². The fraction of sp³-hybridized carbons (Fsp3) is 0.276. The third kappa shape index (κ3) is 5.81. The summed E-state index contributed by atoms with van der Waals surface area (Å²) < 4.78 is 20.1. The molecule has 5 rings (SSSR count). The lowest BCUT2D eigenvalue weighted by molar-refractivity contribution is 0.0240. The van der Waals surface area contributed by atoms with Crippen LogP contribution in [0.1, 0.15) is 20.8 Å². The normalized spacial score (nSPS) is 14.0. The number of hydrogen-bond donors (Lipinski definition) is 1. The molecule has 0 bridgehead atoms. The largest absolute Gasteiger partial charge is 0.444 e. The Hall–Kier alpha value is -3.91. The maximum atomic E-state index is 14.6. The summed E-state index contributed by atoms with van der Waals surface area (Å²) in [6.45, 7) is 8.28. The second kappa shape index (κ2) is 10.5. The Bertz CT molecular complexity index is 1460. The molecule has 1 saturated heterocycles. The van der Waals surface area contributed by atoms with Gasteiger partial charge in [0, 0.05) is 65.3 Å². The Morgan fingerprint density at radius 1 is 1.00 bits per heavy atom. The number of halogens is 2. The molecule has 0 spiro atoms. The van der Waals surface area contributed by atoms with Crippen LogP contribution >= 0.6 is 11.6 Å². The van der Waals surface area contributed by atoms with Crippen LogP contribution in [0.5, 0.6) is 0 Å². The Morgan fingerprint density at radius 3 is 2.45 bits per heavy atom. The van der Waals surface area contributed by atoms with Gasteiger partial charge >= 0.3 is 6.09 Å². The van der Waals surface area contributed by atoms with Gasteiger partial charge in [0.25, 0.3) is 0 Å². The fourth-order valence-electron chi connectivity index (χ4n) is 4.40. The smallest absolute Gasteiger partial charge is 0.410 e. The maximum Gasteiger partial charge on any atom is 0.410 e. The van der Waals surface area contributed by atoms with Crippen molar-refractivity contribution < 1.29 is 13.9 Å². The summed E-state index contributed by atoms with van der Waals surface area (Å²) >= 11 is 6.13. The zero-order valence-corrected chi connectivity index (χ0v) is 22.3. The van der Waals surface area contributed by atoms with Crippen LogP contribution in [0.25, 0.3) is 22.0 Å². The van der Waals surface area contributed by atoms with Crippen LogP contribution in [0.2, 0.25) is 5.02 Å². The monoisotopic (exact) mass is 533 g/mol. The van der Waals surface area contributed by atoms with E-state index >= 15 is 0 Å². The van der Waals surface area contributed by atoms with E-state index < -0.39 is 5.60 Å². The van der Waals surface area contributed by atoms with Crippen molar-refractivity contribution in [3.05, 3.63) is 77.7 Å². The van der Waals surface area contributed by atoms with Crippen molar-refractivity contribution in [2.75, 3.05) is 36.4 Å². The Labute approximate surface area is 226 Å². The average molecular weight is 534 g/mol. The second-order valence-electron chi connectivity index (χ2n) is 10.2. The van der Waals surface area contributed by atoms with E-state index in [2.05, 4.69) is 20.2 Å². The number of fused-ring (bicyclic) bond motifs is 1. The first-order valence-electron chi connectivity index (χ1n) is 12.5. The van der Waals surface area contributed by atoms with Gasteiger partial charge in [-0.15, -0.1) is 0 Å². The molecule has 1 aliphatic heterocycles. The molecule has 4 aromatic rings. The minimum absolute atomic E-state index is 0.270. The van der Waals surface area contributed by atoms with Crippen LogP contribution in [-0.4, -0.2) is 52.7 Å². The lowest BCUT2D eigenvalue weighted by Crippen LogP contribution is -2.50. The Morgan fingerprint density at radius 2 is 1.74 bits per heavy atom. The molecule has 1 aliphatic rings. The van der Waals surface area contributed by atoms with Crippen molar-refractivity contribution in [2.45, 2.75) is 26.4 Å². The van der Waals surface area contributed by atoms with Gasteiger partial charge in [-0.1, -0.05) is 29.8 Å². The van der Waals surface area contributed by atoms with E-state index in [1.807, 2.05) is 63.2 Å². The molecule has 1 aromatic heterocycles. The lowest BCUT2D eigenvalue weighted by atomic mass is 10.0. The summed E-state index contributed by atoms with van der Waals surface area (Å²) in [5.41, 5.74) is 3.06. The van der Waals surface area contributed by atoms with Gasteiger partial charge in [0.2, 0.25) is 5.95 Å². The zero-order chi connectivity index (χ0) is 26.9. The van der Waals surface area contributed by atoms with Gasteiger partial charge in [-0.3, -0.25) is 0 Å². The number of hydrogen-bond acceptors (Lipinski definition) is 6. The number of aromatic nitrogens is 2. The summed E-state index contributed by atoms with van der Waals surface area (Å²) in [6, 6.07) is 18.0. The first kappa shape index (κ1) is 25.7. The standard InChI is InChI=1S/C29H29ClFN5O2/c1-29(2,3)38-28(37)36-15-13-35(14-16-36)22-10-8-21(9-11-22)33-27-32-18-19-5-4-6-23(26(19)34-27)24-17-20(30)7-12-25(24)31/h4-12,17-18H,13-16H2,1-3H3,(H,32,33,34). The van der Waals surface area contributed by atoms with Crippen molar-refractivity contribution in [3.8, 4) is 11.1 Å². The molecule has 0 aliphatic carbocycles. The summed E-state index contributed by atoms with van der Waals surface area (Å²) in [6.07, 6.45) is 1.45. The molecule has 0 saturated carbocycles. The van der Waals surface area contributed by atoms with Crippen molar-refractivity contribution in [1.82, 2.24) is 14.9 Å². The molecule has 3 aromatic carbocycles. The van der Waals surface area contributed by atoms with Crippen LogP contribution < -0.4 is 10.2 Å². The highest BCUT2D eigenvalue weighted by atomic mass is 35.5. The number of amides is 1. The van der Waals surface area contributed by atoms with Crippen LogP contribution in [-0.2, 0) is 4.74 Å². The number of carbonyl (C=O) groups excluding carboxylic acids is 1. The van der Waals surface area contributed by atoms with Crippen molar-refractivity contribution >= 4 is 45.9 Å². The Kier molecular flexibility index (Phi) is 7.08. The number of para-hydroxylation sites is 1. The topological polar surface area (TPSA) is 70.6 Å². The molecule has 1 N–H and O–H groups in total. The molecule has 2 heterocycles. The Balaban J connectivity index is 1.29. The summed E-state index contributed by atoms with van der Waals surface area (Å²) in [5.74, 6) is 0.0450. The molecule has 0 atom stereocenters. The lowest BCUT2D eigenvalue weighted by Gasteiger charge is -2.36. The highest BCUT2D eigenvalue weighted by Crippen LogP contribution is 2.32. The SMILES string of the molecule is CC(C)(C)OC(=O)N1CCN(c2ccc(Nc3ncc4cccc(-c5cc(Cl)ccc5F)c4n3)cc2)CC1. The minimum atomic E-state index is -0.501. The van der Waals surface area contributed by atoms with E-state index in [0.717, 1.165) is 29.9 Å². The van der Waals surface area contributed by atoms with Gasteiger partial charge in [-0.05, 0) is 63.2 Å². The average Bonchev–Trinajstić information content (AvgIpc) is 2.89. The highest BCUT2D eigenvalue weighted by molar-refractivity contribution is 6.30. The van der Waals surface area contributed by atoms with Crippen molar-refractivity contribution in [3.63, 3.8) is 0 Å². The van der Waals surface area contributed by atoms with Crippen LogP contribution in [0.15, 0.2) is 66.9 Å². The van der Waals surface area contributed by atoms with Crippen LogP contribution in [0, 0.1) is 5.82 Å². The van der Waals surface area contributed by atoms with Gasteiger partial charge in [-0.25, -0.2) is 19.2 Å². The molecule has 1 fully saturated rings. The van der Waals surface area contributed by atoms with Crippen LogP contribution in [0.3, 0.4) is 0 Å². The first-order chi connectivity index (χ1) is 18.2. The van der Waals surface area contributed by atoms with Crippen molar-refractivity contribution in [1.29, 1.82) is 0 Å². The van der Waals surface area contributed by atoms with E-state index in [0.29, 0.717) is 40.7 Å². The summed E-state index contributed by atoms with van der Waals surface area (Å²) in [5, 5.41) is 4.50. The third-order valence-electron chi connectivity index (χ3n) is 6.25. The number of nitrogens with zero attached hydrogens (tertiary/aromatic N) is 4. The van der Waals surface area contributed by atoms with Gasteiger partial charge in [-0.2, -0.15) is 0 Å². The van der Waals surface area contributed by atoms with Crippen LogP contribution in [0.4, 0.5) is 26.5 Å². The number of anilines is 3. The highest BCUT2D eigenvalue weighted by Gasteiger charge is 2.26. The molecule has 0 unspecified atom stereocenters. The predicted octanol–water partition coefficient (Wildman–Crippen LogP) is 6.89. The van der Waals surface area contributed by atoms with E-state index in [1.165, 1.54) is 12.1 Å². The number of carbonyl (C=O) groups is 1. The van der Waals surface area contributed by atoms with Gasteiger partial charge < -0.3 is 19.9 Å². The van der Waals surface area contributed by atoms with Gasteiger partial charge in [0.05, 0.1) is 5.52 Å². The molecule has 7 nitrogen and oxygen atoms in total. The maximum absolute atomic E-state index is 14.6. The zero-order valence-electron chi connectivity index (χ0n) is 21.5. The van der Waals surface area contributed by atoms with E-state index in [-0.39, 0.29) is 11.9 Å². The van der Waals surface area contributed by atoms with Gasteiger partial charge in [0.15, 0.2) is 0 Å². The molecule has 38 heavy (non-hydrogen) atoms. The molecule has 9 heteroatoms. The predicted molar refractivity (Wildman–Crippen MR) is 150 cm³/mol. The third-order valence-corrected chi connectivity index (χ3v) is 6.48. The molecule has 196 valence electrons. The minimum Gasteiger partial charge on any atom is -0.444 e. The quantitative estimate of drug-likeness (QED) is 0.308.